The summed E-state index contributed by atoms with van der Waals surface area (Å²) < 4.78 is 1.70. The van der Waals surface area contributed by atoms with E-state index in [0.717, 1.165) is 11.1 Å². The summed E-state index contributed by atoms with van der Waals surface area (Å²) in [6.07, 6.45) is 1.32. The van der Waals surface area contributed by atoms with E-state index in [1.54, 1.807) is 16.7 Å². The summed E-state index contributed by atoms with van der Waals surface area (Å²) in [5, 5.41) is 0.648. The predicted molar refractivity (Wildman–Crippen MR) is 85.7 cm³/mol. The van der Waals surface area contributed by atoms with E-state index in [4.69, 9.17) is 17.3 Å². The Balaban J connectivity index is 2.24. The SMILES string of the molecule is C[C@@H](c1cccc(Cl)c1)n1c(=O)cnc2cc(N)ccc21. The minimum absolute atomic E-state index is 0.148. The molecule has 1 atom stereocenters. The molecule has 0 spiro atoms. The Kier molecular flexibility index (Phi) is 3.39. The van der Waals surface area contributed by atoms with Gasteiger partial charge in [0.15, 0.2) is 0 Å². The van der Waals surface area contributed by atoms with Gasteiger partial charge in [-0.3, -0.25) is 9.36 Å². The smallest absolute Gasteiger partial charge is 0.270 e. The first-order valence-corrected chi connectivity index (χ1v) is 6.96. The highest BCUT2D eigenvalue weighted by molar-refractivity contribution is 6.30. The number of hydrogen-bond acceptors (Lipinski definition) is 3. The molecule has 3 aromatic rings. The van der Waals surface area contributed by atoms with Gasteiger partial charge in [-0.25, -0.2) is 4.98 Å². The molecule has 0 radical (unpaired) electrons. The minimum Gasteiger partial charge on any atom is -0.399 e. The van der Waals surface area contributed by atoms with E-state index >= 15 is 0 Å². The van der Waals surface area contributed by atoms with Crippen LogP contribution in [0.3, 0.4) is 0 Å². The number of fused-ring (bicyclic) bond motifs is 1. The van der Waals surface area contributed by atoms with Crippen LogP contribution in [-0.4, -0.2) is 9.55 Å². The Bertz CT molecular complexity index is 873. The van der Waals surface area contributed by atoms with E-state index in [9.17, 15) is 4.79 Å². The molecule has 3 rings (SSSR count). The maximum Gasteiger partial charge on any atom is 0.270 e. The molecule has 0 bridgehead atoms. The number of rotatable bonds is 2. The van der Waals surface area contributed by atoms with Crippen molar-refractivity contribution < 1.29 is 0 Å². The molecule has 5 heteroatoms. The number of aromatic nitrogens is 2. The van der Waals surface area contributed by atoms with Gasteiger partial charge in [-0.1, -0.05) is 23.7 Å². The van der Waals surface area contributed by atoms with Gasteiger partial charge >= 0.3 is 0 Å². The minimum atomic E-state index is -0.153. The van der Waals surface area contributed by atoms with Crippen LogP contribution in [0.1, 0.15) is 18.5 Å². The number of halogens is 1. The summed E-state index contributed by atoms with van der Waals surface area (Å²) in [6, 6.07) is 12.7. The quantitative estimate of drug-likeness (QED) is 0.739. The van der Waals surface area contributed by atoms with Crippen molar-refractivity contribution >= 4 is 28.3 Å². The standard InChI is InChI=1S/C16H14ClN3O/c1-10(11-3-2-4-12(17)7-11)20-15-6-5-13(18)8-14(15)19-9-16(20)21/h2-10H,18H2,1H3/t10-/m0/s1. The summed E-state index contributed by atoms with van der Waals surface area (Å²) in [7, 11) is 0. The summed E-state index contributed by atoms with van der Waals surface area (Å²) in [5.41, 5.74) is 8.66. The molecule has 0 fully saturated rings. The molecule has 0 aliphatic heterocycles. The van der Waals surface area contributed by atoms with Gasteiger partial charge in [0.2, 0.25) is 0 Å². The molecule has 0 aliphatic rings. The van der Waals surface area contributed by atoms with Crippen molar-refractivity contribution in [3.8, 4) is 0 Å². The highest BCUT2D eigenvalue weighted by Gasteiger charge is 2.13. The summed E-state index contributed by atoms with van der Waals surface area (Å²) >= 11 is 6.04. The zero-order valence-electron chi connectivity index (χ0n) is 11.5. The summed E-state index contributed by atoms with van der Waals surface area (Å²) in [4.78, 5) is 16.4. The zero-order valence-corrected chi connectivity index (χ0v) is 12.2. The van der Waals surface area contributed by atoms with Crippen LogP contribution in [0, 0.1) is 0 Å². The highest BCUT2D eigenvalue weighted by Crippen LogP contribution is 2.23. The van der Waals surface area contributed by atoms with Crippen LogP contribution in [0.2, 0.25) is 5.02 Å². The third-order valence-corrected chi connectivity index (χ3v) is 3.76. The lowest BCUT2D eigenvalue weighted by Gasteiger charge is -2.18. The van der Waals surface area contributed by atoms with Gasteiger partial charge in [-0.05, 0) is 42.8 Å². The third kappa shape index (κ3) is 2.50. The average molecular weight is 300 g/mol. The Morgan fingerprint density at radius 2 is 2.05 bits per heavy atom. The maximum absolute atomic E-state index is 12.3. The highest BCUT2D eigenvalue weighted by atomic mass is 35.5. The van der Waals surface area contributed by atoms with Crippen LogP contribution < -0.4 is 11.3 Å². The van der Waals surface area contributed by atoms with Crippen LogP contribution in [0.4, 0.5) is 5.69 Å². The maximum atomic E-state index is 12.3. The van der Waals surface area contributed by atoms with Crippen molar-refractivity contribution in [2.45, 2.75) is 13.0 Å². The number of hydrogen-bond donors (Lipinski definition) is 1. The topological polar surface area (TPSA) is 60.9 Å². The third-order valence-electron chi connectivity index (χ3n) is 3.53. The Hall–Kier alpha value is -2.33. The van der Waals surface area contributed by atoms with Gasteiger partial charge in [0.05, 0.1) is 23.3 Å². The second-order valence-electron chi connectivity index (χ2n) is 4.95. The molecule has 0 saturated carbocycles. The van der Waals surface area contributed by atoms with Crippen LogP contribution >= 0.6 is 11.6 Å². The Morgan fingerprint density at radius 3 is 2.81 bits per heavy atom. The first-order valence-electron chi connectivity index (χ1n) is 6.58. The van der Waals surface area contributed by atoms with E-state index < -0.39 is 0 Å². The van der Waals surface area contributed by atoms with E-state index in [0.29, 0.717) is 16.2 Å². The normalized spacial score (nSPS) is 12.5. The van der Waals surface area contributed by atoms with E-state index in [-0.39, 0.29) is 11.6 Å². The fourth-order valence-electron chi connectivity index (χ4n) is 2.47. The van der Waals surface area contributed by atoms with Crippen molar-refractivity contribution in [3.63, 3.8) is 0 Å². The van der Waals surface area contributed by atoms with E-state index in [2.05, 4.69) is 4.98 Å². The number of nitrogen functional groups attached to an aromatic ring is 1. The molecule has 0 unspecified atom stereocenters. The van der Waals surface area contributed by atoms with E-state index in [1.807, 2.05) is 37.3 Å². The predicted octanol–water partition coefficient (Wildman–Crippen LogP) is 3.24. The van der Waals surface area contributed by atoms with E-state index in [1.165, 1.54) is 6.20 Å². The lowest BCUT2D eigenvalue weighted by molar-refractivity contribution is 0.635. The summed E-state index contributed by atoms with van der Waals surface area (Å²) in [5.74, 6) is 0. The monoisotopic (exact) mass is 299 g/mol. The Morgan fingerprint density at radius 1 is 1.24 bits per heavy atom. The largest absolute Gasteiger partial charge is 0.399 e. The molecule has 2 aromatic carbocycles. The Labute approximate surface area is 126 Å². The van der Waals surface area contributed by atoms with Crippen molar-refractivity contribution in [1.82, 2.24) is 9.55 Å². The molecule has 1 heterocycles. The van der Waals surface area contributed by atoms with Crippen LogP contribution in [0.15, 0.2) is 53.5 Å². The lowest BCUT2D eigenvalue weighted by atomic mass is 10.1. The second-order valence-corrected chi connectivity index (χ2v) is 5.38. The molecule has 21 heavy (non-hydrogen) atoms. The number of nitrogens with zero attached hydrogens (tertiary/aromatic N) is 2. The first-order chi connectivity index (χ1) is 10.1. The first kappa shape index (κ1) is 13.6. The zero-order chi connectivity index (χ0) is 15.0. The summed E-state index contributed by atoms with van der Waals surface area (Å²) in [6.45, 7) is 1.96. The number of anilines is 1. The van der Waals surface area contributed by atoms with Crippen molar-refractivity contribution in [2.24, 2.45) is 0 Å². The molecule has 0 amide bonds. The number of nitrogens with two attached hydrogens (primary N) is 1. The van der Waals surface area contributed by atoms with Gasteiger partial charge in [-0.2, -0.15) is 0 Å². The van der Waals surface area contributed by atoms with Crippen molar-refractivity contribution in [2.75, 3.05) is 5.73 Å². The van der Waals surface area contributed by atoms with Gasteiger partial charge < -0.3 is 5.73 Å². The fourth-order valence-corrected chi connectivity index (χ4v) is 2.67. The van der Waals surface area contributed by atoms with Gasteiger partial charge in [0.25, 0.3) is 5.56 Å². The molecule has 2 N–H and O–H groups in total. The molecule has 1 aromatic heterocycles. The van der Waals surface area contributed by atoms with Gasteiger partial charge in [0, 0.05) is 10.7 Å². The lowest BCUT2D eigenvalue weighted by Crippen LogP contribution is -2.24. The molecule has 0 saturated heterocycles. The number of benzene rings is 2. The van der Waals surface area contributed by atoms with Crippen molar-refractivity contribution in [1.29, 1.82) is 0 Å². The fraction of sp³-hybridized carbons (Fsp3) is 0.125. The van der Waals surface area contributed by atoms with Crippen LogP contribution in [-0.2, 0) is 0 Å². The molecule has 106 valence electrons. The second kappa shape index (κ2) is 5.22. The molecular formula is C16H14ClN3O. The van der Waals surface area contributed by atoms with Crippen LogP contribution in [0.5, 0.6) is 0 Å². The van der Waals surface area contributed by atoms with Gasteiger partial charge in [-0.15, -0.1) is 0 Å². The van der Waals surface area contributed by atoms with Crippen LogP contribution in [0.25, 0.3) is 11.0 Å². The molecular weight excluding hydrogens is 286 g/mol. The van der Waals surface area contributed by atoms with Gasteiger partial charge in [0.1, 0.15) is 0 Å². The molecule has 0 aliphatic carbocycles. The average Bonchev–Trinajstić information content (AvgIpc) is 2.47. The van der Waals surface area contributed by atoms with Crippen molar-refractivity contribution in [3.05, 3.63) is 69.6 Å². The molecule has 4 nitrogen and oxygen atoms in total.